The number of piperidine rings is 1. The molecule has 2 saturated heterocycles. The Balaban J connectivity index is 1.68. The molecule has 0 radical (unpaired) electrons. The molecule has 0 bridgehead atoms. The summed E-state index contributed by atoms with van der Waals surface area (Å²) in [6.07, 6.45) is 1.99. The van der Waals surface area contributed by atoms with Crippen molar-refractivity contribution < 1.29 is 18.3 Å². The third kappa shape index (κ3) is 4.45. The number of hydrazine groups is 1. The fourth-order valence-electron chi connectivity index (χ4n) is 3.47. The van der Waals surface area contributed by atoms with Crippen LogP contribution in [0.1, 0.15) is 31.4 Å². The summed E-state index contributed by atoms with van der Waals surface area (Å²) in [7, 11) is 0. The molecule has 2 fully saturated rings. The minimum atomic E-state index is -2.87. The second kappa shape index (κ2) is 8.07. The van der Waals surface area contributed by atoms with E-state index in [4.69, 9.17) is 0 Å². The van der Waals surface area contributed by atoms with Gasteiger partial charge in [0, 0.05) is 18.6 Å². The van der Waals surface area contributed by atoms with Crippen LogP contribution in [0.3, 0.4) is 0 Å². The van der Waals surface area contributed by atoms with Crippen LogP contribution in [0.5, 0.6) is 5.75 Å². The third-order valence-corrected chi connectivity index (χ3v) is 4.85. The molecule has 2 heterocycles. The zero-order valence-electron chi connectivity index (χ0n) is 14.1. The van der Waals surface area contributed by atoms with Gasteiger partial charge in [-0.2, -0.15) is 8.78 Å². The first-order valence-corrected chi connectivity index (χ1v) is 8.61. The van der Waals surface area contributed by atoms with Crippen molar-refractivity contribution in [3.05, 3.63) is 29.8 Å². The zero-order valence-corrected chi connectivity index (χ0v) is 14.1. The van der Waals surface area contributed by atoms with Crippen LogP contribution in [0.15, 0.2) is 24.3 Å². The smallest absolute Gasteiger partial charge is 0.387 e. The number of rotatable bonds is 5. The minimum absolute atomic E-state index is 0.0387. The Morgan fingerprint density at radius 3 is 3.00 bits per heavy atom. The van der Waals surface area contributed by atoms with Gasteiger partial charge in [-0.25, -0.2) is 5.43 Å². The van der Waals surface area contributed by atoms with Crippen molar-refractivity contribution in [1.82, 2.24) is 21.5 Å². The zero-order chi connectivity index (χ0) is 17.8. The average Bonchev–Trinajstić information content (AvgIpc) is 3.06. The maximum atomic E-state index is 12.7. The van der Waals surface area contributed by atoms with Crippen LogP contribution < -0.4 is 26.2 Å². The van der Waals surface area contributed by atoms with E-state index in [9.17, 15) is 13.6 Å². The molecule has 8 heteroatoms. The molecule has 0 saturated carbocycles. The topological polar surface area (TPSA) is 74.4 Å². The van der Waals surface area contributed by atoms with Gasteiger partial charge in [-0.15, -0.1) is 0 Å². The lowest BCUT2D eigenvalue weighted by Gasteiger charge is -2.32. The van der Waals surface area contributed by atoms with Crippen LogP contribution in [0.2, 0.25) is 0 Å². The standard InChI is InChI=1S/C17H24F2N4O2/c1-10-14(6-3-7-20-10)22-16(24)13-9-21-23-15(13)11-4-2-5-12(8-11)25-17(18)19/h2,4-5,8,10,13-15,17,20-21,23H,3,6-7,9H2,1H3,(H,22,24). The molecular weight excluding hydrogens is 330 g/mol. The molecule has 0 spiro atoms. The summed E-state index contributed by atoms with van der Waals surface area (Å²) in [5, 5.41) is 6.49. The van der Waals surface area contributed by atoms with Crippen molar-refractivity contribution in [3.8, 4) is 5.75 Å². The number of carbonyl (C=O) groups is 1. The van der Waals surface area contributed by atoms with Gasteiger partial charge in [-0.1, -0.05) is 12.1 Å². The Hall–Kier alpha value is -1.77. The highest BCUT2D eigenvalue weighted by Gasteiger charge is 2.36. The quantitative estimate of drug-likeness (QED) is 0.642. The predicted octanol–water partition coefficient (Wildman–Crippen LogP) is 1.31. The van der Waals surface area contributed by atoms with Crippen molar-refractivity contribution in [3.63, 3.8) is 0 Å². The number of hydrogen-bond acceptors (Lipinski definition) is 5. The van der Waals surface area contributed by atoms with Gasteiger partial charge in [0.15, 0.2) is 0 Å². The summed E-state index contributed by atoms with van der Waals surface area (Å²) >= 11 is 0. The number of carbonyl (C=O) groups excluding carboxylic acids is 1. The van der Waals surface area contributed by atoms with Gasteiger partial charge in [0.05, 0.1) is 12.0 Å². The van der Waals surface area contributed by atoms with Gasteiger partial charge in [-0.05, 0) is 44.0 Å². The average molecular weight is 354 g/mol. The van der Waals surface area contributed by atoms with Crippen molar-refractivity contribution in [2.24, 2.45) is 5.92 Å². The Morgan fingerprint density at radius 2 is 2.24 bits per heavy atom. The van der Waals surface area contributed by atoms with Crippen molar-refractivity contribution in [2.45, 2.75) is 44.5 Å². The van der Waals surface area contributed by atoms with Crippen LogP contribution in [-0.4, -0.2) is 37.7 Å². The van der Waals surface area contributed by atoms with Gasteiger partial charge in [0.25, 0.3) is 0 Å². The fourth-order valence-corrected chi connectivity index (χ4v) is 3.47. The molecule has 25 heavy (non-hydrogen) atoms. The van der Waals surface area contributed by atoms with Gasteiger partial charge >= 0.3 is 6.61 Å². The first kappa shape index (κ1) is 18.0. The van der Waals surface area contributed by atoms with Crippen LogP contribution in [-0.2, 0) is 4.79 Å². The lowest BCUT2D eigenvalue weighted by Crippen LogP contribution is -2.53. The Labute approximate surface area is 145 Å². The highest BCUT2D eigenvalue weighted by Crippen LogP contribution is 2.28. The summed E-state index contributed by atoms with van der Waals surface area (Å²) < 4.78 is 29.3. The van der Waals surface area contributed by atoms with E-state index in [0.717, 1.165) is 24.9 Å². The summed E-state index contributed by atoms with van der Waals surface area (Å²) in [4.78, 5) is 12.7. The van der Waals surface area contributed by atoms with E-state index < -0.39 is 6.61 Å². The maximum Gasteiger partial charge on any atom is 0.387 e. The Bertz CT molecular complexity index is 602. The van der Waals surface area contributed by atoms with Crippen LogP contribution >= 0.6 is 0 Å². The molecule has 4 unspecified atom stereocenters. The van der Waals surface area contributed by atoms with Crippen molar-refractivity contribution in [1.29, 1.82) is 0 Å². The van der Waals surface area contributed by atoms with Gasteiger partial charge in [-0.3, -0.25) is 10.2 Å². The molecule has 6 nitrogen and oxygen atoms in total. The van der Waals surface area contributed by atoms with Crippen LogP contribution in [0.25, 0.3) is 0 Å². The molecular formula is C17H24F2N4O2. The molecule has 0 aliphatic carbocycles. The predicted molar refractivity (Wildman–Crippen MR) is 89.1 cm³/mol. The minimum Gasteiger partial charge on any atom is -0.435 e. The lowest BCUT2D eigenvalue weighted by atomic mass is 9.92. The van der Waals surface area contributed by atoms with Gasteiger partial charge in [0.2, 0.25) is 5.91 Å². The number of ether oxygens (including phenoxy) is 1. The van der Waals surface area contributed by atoms with E-state index in [-0.39, 0.29) is 35.7 Å². The highest BCUT2D eigenvalue weighted by molar-refractivity contribution is 5.80. The molecule has 3 rings (SSSR count). The second-order valence-corrected chi connectivity index (χ2v) is 6.56. The number of alkyl halides is 2. The SMILES string of the molecule is CC1NCCCC1NC(=O)C1CNNC1c1cccc(OC(F)F)c1. The second-order valence-electron chi connectivity index (χ2n) is 6.56. The van der Waals surface area contributed by atoms with Crippen LogP contribution in [0.4, 0.5) is 8.78 Å². The first-order valence-electron chi connectivity index (χ1n) is 8.61. The van der Waals surface area contributed by atoms with Crippen LogP contribution in [0, 0.1) is 5.92 Å². The molecule has 0 aromatic heterocycles. The summed E-state index contributed by atoms with van der Waals surface area (Å²) in [6.45, 7) is 0.645. The molecule has 4 N–H and O–H groups in total. The maximum absolute atomic E-state index is 12.7. The monoisotopic (exact) mass is 354 g/mol. The number of hydrogen-bond donors (Lipinski definition) is 4. The first-order chi connectivity index (χ1) is 12.0. The van der Waals surface area contributed by atoms with E-state index in [1.807, 2.05) is 0 Å². The summed E-state index contributed by atoms with van der Waals surface area (Å²) in [5.41, 5.74) is 6.79. The number of amides is 1. The normalized spacial score (nSPS) is 29.6. The van der Waals surface area contributed by atoms with E-state index in [1.165, 1.54) is 6.07 Å². The van der Waals surface area contributed by atoms with E-state index in [2.05, 4.69) is 33.1 Å². The summed E-state index contributed by atoms with van der Waals surface area (Å²) in [5.74, 6) is -0.274. The molecule has 1 aromatic rings. The fraction of sp³-hybridized carbons (Fsp3) is 0.588. The number of benzene rings is 1. The Kier molecular flexibility index (Phi) is 5.82. The molecule has 138 valence electrons. The van der Waals surface area contributed by atoms with Gasteiger partial charge in [0.1, 0.15) is 5.75 Å². The molecule has 1 aromatic carbocycles. The molecule has 2 aliphatic heterocycles. The van der Waals surface area contributed by atoms with E-state index in [1.54, 1.807) is 18.2 Å². The summed E-state index contributed by atoms with van der Waals surface area (Å²) in [6, 6.07) is 6.51. The van der Waals surface area contributed by atoms with Gasteiger partial charge < -0.3 is 15.4 Å². The van der Waals surface area contributed by atoms with E-state index >= 15 is 0 Å². The molecule has 4 atom stereocenters. The number of nitrogens with one attached hydrogen (secondary N) is 4. The molecule has 2 aliphatic rings. The largest absolute Gasteiger partial charge is 0.435 e. The highest BCUT2D eigenvalue weighted by atomic mass is 19.3. The van der Waals surface area contributed by atoms with E-state index in [0.29, 0.717) is 6.54 Å². The van der Waals surface area contributed by atoms with Crippen molar-refractivity contribution in [2.75, 3.05) is 13.1 Å². The Morgan fingerprint density at radius 1 is 1.40 bits per heavy atom. The molecule has 1 amide bonds. The lowest BCUT2D eigenvalue weighted by molar-refractivity contribution is -0.126. The number of halogens is 2. The van der Waals surface area contributed by atoms with Crippen molar-refractivity contribution >= 4 is 5.91 Å². The third-order valence-electron chi connectivity index (χ3n) is 4.85.